The van der Waals surface area contributed by atoms with Crippen LogP contribution in [0.3, 0.4) is 0 Å². The molecule has 2 aromatic heterocycles. The molecule has 1 saturated heterocycles. The van der Waals surface area contributed by atoms with Gasteiger partial charge in [0, 0.05) is 43.7 Å². The summed E-state index contributed by atoms with van der Waals surface area (Å²) in [7, 11) is 1.74. The first-order chi connectivity index (χ1) is 19.7. The van der Waals surface area contributed by atoms with Crippen LogP contribution in [0, 0.1) is 5.82 Å². The first kappa shape index (κ1) is 26.6. The second-order valence-corrected chi connectivity index (χ2v) is 9.98. The SMILES string of the molecule is Cn1cnnc1-c1cc(F)ccc1-c1cccc(-c2nc3cc(CNC[C@@H]4CCC(=O)N4)cc(C(F)(F)F)c3o2)c1. The monoisotopic (exact) mass is 564 g/mol. The molecule has 3 aromatic carbocycles. The van der Waals surface area contributed by atoms with Crippen LogP contribution in [0.15, 0.2) is 65.3 Å². The molecule has 0 aliphatic carbocycles. The van der Waals surface area contributed by atoms with E-state index in [-0.39, 0.29) is 35.5 Å². The van der Waals surface area contributed by atoms with Gasteiger partial charge in [-0.3, -0.25) is 4.79 Å². The molecule has 6 rings (SSSR count). The first-order valence-electron chi connectivity index (χ1n) is 12.9. The Morgan fingerprint density at radius 2 is 1.93 bits per heavy atom. The summed E-state index contributed by atoms with van der Waals surface area (Å²) in [4.78, 5) is 15.8. The number of oxazole rings is 1. The molecular formula is C29H24F4N6O2. The van der Waals surface area contributed by atoms with Gasteiger partial charge in [0.1, 0.15) is 23.2 Å². The van der Waals surface area contributed by atoms with Crippen LogP contribution in [0.5, 0.6) is 0 Å². The van der Waals surface area contributed by atoms with Crippen molar-refractivity contribution in [3.05, 3.63) is 77.9 Å². The van der Waals surface area contributed by atoms with E-state index in [4.69, 9.17) is 4.42 Å². The standard InChI is InChI=1S/C29H24F4N6O2/c1-39-15-35-38-27(39)22-12-19(30)5-7-21(22)17-3-2-4-18(11-17)28-37-24-10-16(9-23(26(24)41-28)29(31,32)33)13-34-14-20-6-8-25(40)36-20/h2-5,7,9-12,15,20,34H,6,8,13-14H2,1H3,(H,36,40)/t20-/m0/s1. The molecule has 0 saturated carbocycles. The van der Waals surface area contributed by atoms with E-state index in [0.29, 0.717) is 53.0 Å². The minimum Gasteiger partial charge on any atom is -0.435 e. The number of hydrogen-bond donors (Lipinski definition) is 2. The number of carbonyl (C=O) groups excluding carboxylic acids is 1. The Balaban J connectivity index is 1.35. The number of nitrogens with one attached hydrogen (secondary N) is 2. The molecule has 1 amide bonds. The Morgan fingerprint density at radius 1 is 1.10 bits per heavy atom. The predicted octanol–water partition coefficient (Wildman–Crippen LogP) is 5.48. The maximum Gasteiger partial charge on any atom is 0.420 e. The summed E-state index contributed by atoms with van der Waals surface area (Å²) in [5.74, 6) is 0.00683. The Morgan fingerprint density at radius 3 is 2.66 bits per heavy atom. The fourth-order valence-electron chi connectivity index (χ4n) is 5.05. The van der Waals surface area contributed by atoms with E-state index in [2.05, 4.69) is 25.8 Å². The van der Waals surface area contributed by atoms with E-state index in [1.54, 1.807) is 48.0 Å². The zero-order valence-corrected chi connectivity index (χ0v) is 21.8. The number of aryl methyl sites for hydroxylation is 1. The normalized spacial score (nSPS) is 15.5. The van der Waals surface area contributed by atoms with Gasteiger partial charge in [0.15, 0.2) is 11.4 Å². The summed E-state index contributed by atoms with van der Waals surface area (Å²) in [6.07, 6.45) is -2.02. The van der Waals surface area contributed by atoms with E-state index in [1.165, 1.54) is 18.5 Å². The molecule has 5 aromatic rings. The summed E-state index contributed by atoms with van der Waals surface area (Å²) < 4.78 is 63.7. The van der Waals surface area contributed by atoms with Crippen molar-refractivity contribution in [2.45, 2.75) is 31.6 Å². The molecule has 8 nitrogen and oxygen atoms in total. The van der Waals surface area contributed by atoms with Gasteiger partial charge < -0.3 is 19.6 Å². The minimum atomic E-state index is -4.66. The van der Waals surface area contributed by atoms with Gasteiger partial charge >= 0.3 is 6.18 Å². The first-order valence-corrected chi connectivity index (χ1v) is 12.9. The van der Waals surface area contributed by atoms with Crippen LogP contribution < -0.4 is 10.6 Å². The van der Waals surface area contributed by atoms with Gasteiger partial charge in [-0.1, -0.05) is 18.2 Å². The van der Waals surface area contributed by atoms with E-state index in [0.717, 1.165) is 6.07 Å². The van der Waals surface area contributed by atoms with Gasteiger partial charge in [-0.15, -0.1) is 10.2 Å². The molecule has 1 atom stereocenters. The molecule has 1 aliphatic rings. The highest BCUT2D eigenvalue weighted by Gasteiger charge is 2.35. The summed E-state index contributed by atoms with van der Waals surface area (Å²) in [5.41, 5.74) is 1.48. The molecule has 0 unspecified atom stereocenters. The molecule has 0 bridgehead atoms. The van der Waals surface area contributed by atoms with Crippen LogP contribution >= 0.6 is 0 Å². The van der Waals surface area contributed by atoms with Gasteiger partial charge in [-0.05, 0) is 59.5 Å². The van der Waals surface area contributed by atoms with Crippen LogP contribution in [-0.2, 0) is 24.6 Å². The van der Waals surface area contributed by atoms with E-state index >= 15 is 0 Å². The lowest BCUT2D eigenvalue weighted by Crippen LogP contribution is -2.35. The second kappa shape index (κ2) is 10.4. The quantitative estimate of drug-likeness (QED) is 0.254. The van der Waals surface area contributed by atoms with E-state index in [9.17, 15) is 22.4 Å². The number of halogens is 4. The predicted molar refractivity (Wildman–Crippen MR) is 143 cm³/mol. The molecule has 41 heavy (non-hydrogen) atoms. The summed E-state index contributed by atoms with van der Waals surface area (Å²) in [5, 5.41) is 13.9. The number of carbonyl (C=O) groups is 1. The van der Waals surface area contributed by atoms with Crippen molar-refractivity contribution in [3.63, 3.8) is 0 Å². The van der Waals surface area contributed by atoms with Crippen molar-refractivity contribution in [2.75, 3.05) is 6.54 Å². The van der Waals surface area contributed by atoms with E-state index < -0.39 is 17.6 Å². The largest absolute Gasteiger partial charge is 0.435 e. The number of amides is 1. The van der Waals surface area contributed by atoms with Crippen molar-refractivity contribution in [1.29, 1.82) is 0 Å². The highest BCUT2D eigenvalue weighted by Crippen LogP contribution is 2.39. The highest BCUT2D eigenvalue weighted by molar-refractivity contribution is 5.84. The van der Waals surface area contributed by atoms with Gasteiger partial charge in [0.05, 0.1) is 0 Å². The van der Waals surface area contributed by atoms with Crippen LogP contribution in [0.2, 0.25) is 0 Å². The number of aromatic nitrogens is 4. The zero-order valence-electron chi connectivity index (χ0n) is 21.8. The lowest BCUT2D eigenvalue weighted by molar-refractivity contribution is -0.136. The molecule has 1 aliphatic heterocycles. The molecular weight excluding hydrogens is 540 g/mol. The van der Waals surface area contributed by atoms with Crippen molar-refractivity contribution in [3.8, 4) is 34.0 Å². The third-order valence-corrected chi connectivity index (χ3v) is 7.01. The topological polar surface area (TPSA) is 97.9 Å². The van der Waals surface area contributed by atoms with Gasteiger partial charge in [-0.25, -0.2) is 9.37 Å². The second-order valence-electron chi connectivity index (χ2n) is 9.98. The van der Waals surface area contributed by atoms with Crippen molar-refractivity contribution in [1.82, 2.24) is 30.4 Å². The van der Waals surface area contributed by atoms with Crippen LogP contribution in [-0.4, -0.2) is 38.2 Å². The Bertz CT molecular complexity index is 1760. The number of alkyl halides is 3. The molecule has 12 heteroatoms. The molecule has 0 spiro atoms. The van der Waals surface area contributed by atoms with E-state index in [1.807, 2.05) is 0 Å². The molecule has 3 heterocycles. The molecule has 0 radical (unpaired) electrons. The zero-order chi connectivity index (χ0) is 28.7. The minimum absolute atomic E-state index is 0.0217. The maximum atomic E-state index is 14.2. The number of rotatable bonds is 7. The number of nitrogens with zero attached hydrogens (tertiary/aromatic N) is 4. The third-order valence-electron chi connectivity index (χ3n) is 7.01. The van der Waals surface area contributed by atoms with Crippen molar-refractivity contribution in [2.24, 2.45) is 7.05 Å². The smallest absolute Gasteiger partial charge is 0.420 e. The van der Waals surface area contributed by atoms with Crippen molar-refractivity contribution < 1.29 is 26.8 Å². The summed E-state index contributed by atoms with van der Waals surface area (Å²) in [6, 6.07) is 13.8. The Labute approximate surface area is 231 Å². The van der Waals surface area contributed by atoms with Gasteiger partial charge in [0.25, 0.3) is 0 Å². The average Bonchev–Trinajstić information content (AvgIpc) is 3.67. The van der Waals surface area contributed by atoms with Gasteiger partial charge in [0.2, 0.25) is 11.8 Å². The molecule has 2 N–H and O–H groups in total. The van der Waals surface area contributed by atoms with Crippen molar-refractivity contribution >= 4 is 17.0 Å². The maximum absolute atomic E-state index is 14.2. The third kappa shape index (κ3) is 5.42. The Kier molecular flexibility index (Phi) is 6.78. The average molecular weight is 565 g/mol. The lowest BCUT2D eigenvalue weighted by atomic mass is 9.97. The Hall–Kier alpha value is -4.58. The fraction of sp³-hybridized carbons (Fsp3) is 0.241. The fourth-order valence-corrected chi connectivity index (χ4v) is 5.05. The summed E-state index contributed by atoms with van der Waals surface area (Å²) >= 11 is 0. The number of benzene rings is 3. The van der Waals surface area contributed by atoms with Gasteiger partial charge in [-0.2, -0.15) is 13.2 Å². The molecule has 1 fully saturated rings. The molecule has 210 valence electrons. The number of hydrogen-bond acceptors (Lipinski definition) is 6. The lowest BCUT2D eigenvalue weighted by Gasteiger charge is -2.13. The van der Waals surface area contributed by atoms with Crippen LogP contribution in [0.25, 0.3) is 45.1 Å². The number of fused-ring (bicyclic) bond motifs is 1. The van der Waals surface area contributed by atoms with Crippen LogP contribution in [0.1, 0.15) is 24.0 Å². The summed E-state index contributed by atoms with van der Waals surface area (Å²) in [6.45, 7) is 0.611. The van der Waals surface area contributed by atoms with Crippen LogP contribution in [0.4, 0.5) is 17.6 Å². The highest BCUT2D eigenvalue weighted by atomic mass is 19.4.